The van der Waals surface area contributed by atoms with Gasteiger partial charge in [0.15, 0.2) is 0 Å². The van der Waals surface area contributed by atoms with Crippen LogP contribution in [-0.4, -0.2) is 18.4 Å². The van der Waals surface area contributed by atoms with E-state index in [1.54, 1.807) is 42.5 Å². The van der Waals surface area contributed by atoms with Crippen molar-refractivity contribution >= 4 is 17.5 Å². The number of halogens is 2. The fourth-order valence-electron chi connectivity index (χ4n) is 3.10. The van der Waals surface area contributed by atoms with Crippen LogP contribution >= 0.6 is 0 Å². The highest BCUT2D eigenvalue weighted by atomic mass is 19.1. The van der Waals surface area contributed by atoms with Crippen molar-refractivity contribution in [2.75, 3.05) is 11.4 Å². The fraction of sp³-hybridized carbons (Fsp3) is 0.120. The summed E-state index contributed by atoms with van der Waals surface area (Å²) in [4.78, 5) is 26.5. The summed E-state index contributed by atoms with van der Waals surface area (Å²) < 4.78 is 27.3. The van der Waals surface area contributed by atoms with Crippen LogP contribution in [0, 0.1) is 11.6 Å². The van der Waals surface area contributed by atoms with Crippen molar-refractivity contribution in [2.24, 2.45) is 0 Å². The molecule has 158 valence electrons. The van der Waals surface area contributed by atoms with E-state index in [1.807, 2.05) is 0 Å². The van der Waals surface area contributed by atoms with Crippen molar-refractivity contribution < 1.29 is 18.4 Å². The second kappa shape index (κ2) is 10.3. The smallest absolute Gasteiger partial charge is 0.258 e. The van der Waals surface area contributed by atoms with Gasteiger partial charge in [0.25, 0.3) is 5.91 Å². The van der Waals surface area contributed by atoms with E-state index in [2.05, 4.69) is 11.9 Å². The number of nitrogens with zero attached hydrogens (tertiary/aromatic N) is 1. The largest absolute Gasteiger partial charge is 0.352 e. The summed E-state index contributed by atoms with van der Waals surface area (Å²) in [5.74, 6) is -1.48. The first kappa shape index (κ1) is 21.9. The minimum absolute atomic E-state index is 0.103. The van der Waals surface area contributed by atoms with E-state index < -0.39 is 17.5 Å². The van der Waals surface area contributed by atoms with Crippen LogP contribution in [0.1, 0.15) is 21.5 Å². The van der Waals surface area contributed by atoms with Gasteiger partial charge in [0, 0.05) is 17.8 Å². The average molecular weight is 420 g/mol. The van der Waals surface area contributed by atoms with Crippen molar-refractivity contribution in [2.45, 2.75) is 13.0 Å². The van der Waals surface area contributed by atoms with Crippen LogP contribution in [-0.2, 0) is 17.8 Å². The molecule has 0 fully saturated rings. The Balaban J connectivity index is 1.87. The van der Waals surface area contributed by atoms with Crippen LogP contribution in [0.3, 0.4) is 0 Å². The van der Waals surface area contributed by atoms with Crippen molar-refractivity contribution in [3.8, 4) is 0 Å². The summed E-state index contributed by atoms with van der Waals surface area (Å²) >= 11 is 0. The van der Waals surface area contributed by atoms with Crippen molar-refractivity contribution in [1.29, 1.82) is 0 Å². The lowest BCUT2D eigenvalue weighted by atomic mass is 10.1. The molecule has 0 unspecified atom stereocenters. The number of carbonyl (C=O) groups is 2. The summed E-state index contributed by atoms with van der Waals surface area (Å²) in [5, 5.41) is 2.71. The zero-order valence-corrected chi connectivity index (χ0v) is 16.9. The van der Waals surface area contributed by atoms with Gasteiger partial charge in [-0.05, 0) is 53.6 Å². The van der Waals surface area contributed by atoms with Gasteiger partial charge < -0.3 is 10.2 Å². The Kier molecular flexibility index (Phi) is 7.27. The Morgan fingerprint density at radius 2 is 1.58 bits per heavy atom. The predicted octanol–water partition coefficient (Wildman–Crippen LogP) is 4.66. The second-order valence-corrected chi connectivity index (χ2v) is 6.97. The molecule has 3 aromatic carbocycles. The van der Waals surface area contributed by atoms with Gasteiger partial charge in [0.2, 0.25) is 5.91 Å². The number of carbonyl (C=O) groups excluding carboxylic acids is 2. The Morgan fingerprint density at radius 1 is 0.903 bits per heavy atom. The van der Waals surface area contributed by atoms with E-state index in [4.69, 9.17) is 0 Å². The molecule has 0 aliphatic heterocycles. The summed E-state index contributed by atoms with van der Waals surface area (Å²) in [6.45, 7) is 4.05. The molecule has 6 heteroatoms. The summed E-state index contributed by atoms with van der Waals surface area (Å²) in [5.41, 5.74) is 2.10. The van der Waals surface area contributed by atoms with Gasteiger partial charge in [-0.2, -0.15) is 0 Å². The van der Waals surface area contributed by atoms with E-state index in [0.29, 0.717) is 17.8 Å². The zero-order chi connectivity index (χ0) is 22.2. The molecule has 31 heavy (non-hydrogen) atoms. The molecule has 3 rings (SSSR count). The Bertz CT molecular complexity index is 1080. The Morgan fingerprint density at radius 3 is 2.23 bits per heavy atom. The number of hydrogen-bond donors (Lipinski definition) is 1. The molecular formula is C25H22F2N2O2. The van der Waals surface area contributed by atoms with Gasteiger partial charge >= 0.3 is 0 Å². The van der Waals surface area contributed by atoms with E-state index >= 15 is 0 Å². The third-order valence-corrected chi connectivity index (χ3v) is 4.60. The normalized spacial score (nSPS) is 10.4. The third kappa shape index (κ3) is 6.09. The molecule has 0 bridgehead atoms. The molecule has 4 nitrogen and oxygen atoms in total. The number of amides is 2. The van der Waals surface area contributed by atoms with Crippen LogP contribution in [0.15, 0.2) is 85.5 Å². The van der Waals surface area contributed by atoms with Crippen LogP contribution in [0.2, 0.25) is 0 Å². The van der Waals surface area contributed by atoms with Gasteiger partial charge in [-0.3, -0.25) is 9.59 Å². The topological polar surface area (TPSA) is 49.4 Å². The summed E-state index contributed by atoms with van der Waals surface area (Å²) in [7, 11) is 0. The molecule has 1 N–H and O–H groups in total. The highest BCUT2D eigenvalue weighted by molar-refractivity contribution is 6.06. The zero-order valence-electron chi connectivity index (χ0n) is 16.9. The molecule has 0 aromatic heterocycles. The number of hydrogen-bond acceptors (Lipinski definition) is 2. The summed E-state index contributed by atoms with van der Waals surface area (Å²) in [6, 6.07) is 18.3. The first-order valence-electron chi connectivity index (χ1n) is 9.74. The Labute approximate surface area is 179 Å². The molecular weight excluding hydrogens is 398 g/mol. The standard InChI is InChI=1S/C25H22F2N2O2/c1-2-13-28-24(30)15-18-9-11-23(12-10-18)29(17-19-5-3-7-21(26)14-19)25(31)20-6-4-8-22(27)16-20/h2-12,14,16H,1,13,15,17H2,(H,28,30). The van der Waals surface area contributed by atoms with Crippen LogP contribution in [0.4, 0.5) is 14.5 Å². The lowest BCUT2D eigenvalue weighted by Gasteiger charge is -2.23. The van der Waals surface area contributed by atoms with Gasteiger partial charge in [0.05, 0.1) is 13.0 Å². The second-order valence-electron chi connectivity index (χ2n) is 6.97. The average Bonchev–Trinajstić information content (AvgIpc) is 2.76. The van der Waals surface area contributed by atoms with Gasteiger partial charge in [-0.15, -0.1) is 6.58 Å². The van der Waals surface area contributed by atoms with Gasteiger partial charge in [-0.25, -0.2) is 8.78 Å². The van der Waals surface area contributed by atoms with E-state index in [1.165, 1.54) is 41.3 Å². The number of benzene rings is 3. The quantitative estimate of drug-likeness (QED) is 0.539. The number of rotatable bonds is 8. The van der Waals surface area contributed by atoms with Crippen molar-refractivity contribution in [1.82, 2.24) is 5.32 Å². The molecule has 0 aliphatic rings. The maximum absolute atomic E-state index is 13.7. The number of anilines is 1. The van der Waals surface area contributed by atoms with E-state index in [9.17, 15) is 18.4 Å². The first-order valence-corrected chi connectivity index (χ1v) is 9.74. The Hall–Kier alpha value is -3.80. The fourth-order valence-corrected chi connectivity index (χ4v) is 3.10. The highest BCUT2D eigenvalue weighted by Gasteiger charge is 2.19. The minimum atomic E-state index is -0.516. The monoisotopic (exact) mass is 420 g/mol. The van der Waals surface area contributed by atoms with Gasteiger partial charge in [0.1, 0.15) is 11.6 Å². The van der Waals surface area contributed by atoms with Crippen LogP contribution in [0.5, 0.6) is 0 Å². The maximum Gasteiger partial charge on any atom is 0.258 e. The van der Waals surface area contributed by atoms with Crippen molar-refractivity contribution in [3.63, 3.8) is 0 Å². The molecule has 0 saturated carbocycles. The number of nitrogens with one attached hydrogen (secondary N) is 1. The van der Waals surface area contributed by atoms with Gasteiger partial charge in [-0.1, -0.05) is 36.4 Å². The molecule has 0 spiro atoms. The summed E-state index contributed by atoms with van der Waals surface area (Å²) in [6.07, 6.45) is 1.79. The predicted molar refractivity (Wildman–Crippen MR) is 117 cm³/mol. The molecule has 0 atom stereocenters. The van der Waals surface area contributed by atoms with E-state index in [-0.39, 0.29) is 24.4 Å². The maximum atomic E-state index is 13.7. The van der Waals surface area contributed by atoms with Crippen molar-refractivity contribution in [3.05, 3.63) is 114 Å². The first-order chi connectivity index (χ1) is 15.0. The molecule has 3 aromatic rings. The highest BCUT2D eigenvalue weighted by Crippen LogP contribution is 2.22. The third-order valence-electron chi connectivity index (χ3n) is 4.60. The molecule has 0 heterocycles. The SMILES string of the molecule is C=CCNC(=O)Cc1ccc(N(Cc2cccc(F)c2)C(=O)c2cccc(F)c2)cc1. The lowest BCUT2D eigenvalue weighted by Crippen LogP contribution is -2.30. The molecule has 0 aliphatic carbocycles. The lowest BCUT2D eigenvalue weighted by molar-refractivity contribution is -0.120. The van der Waals surface area contributed by atoms with E-state index in [0.717, 1.165) is 5.56 Å². The van der Waals surface area contributed by atoms with Crippen LogP contribution in [0.25, 0.3) is 0 Å². The molecule has 2 amide bonds. The van der Waals surface area contributed by atoms with Crippen LogP contribution < -0.4 is 10.2 Å². The minimum Gasteiger partial charge on any atom is -0.352 e. The molecule has 0 radical (unpaired) electrons. The molecule has 0 saturated heterocycles.